The first-order chi connectivity index (χ1) is 35.8. The van der Waals surface area contributed by atoms with Crippen LogP contribution in [0.1, 0.15) is 93.1 Å². The Balaban J connectivity index is 0.738. The molecule has 2 fully saturated rings. The van der Waals surface area contributed by atoms with Crippen LogP contribution in [0.3, 0.4) is 0 Å². The first kappa shape index (κ1) is 54.8. The van der Waals surface area contributed by atoms with E-state index in [1.807, 2.05) is 59.5 Å². The predicted molar refractivity (Wildman–Crippen MR) is 276 cm³/mol. The van der Waals surface area contributed by atoms with E-state index in [2.05, 4.69) is 30.7 Å². The summed E-state index contributed by atoms with van der Waals surface area (Å²) in [6, 6.07) is 21.7. The molecule has 1 aromatic heterocycles. The minimum absolute atomic E-state index is 0.00386. The van der Waals surface area contributed by atoms with Crippen LogP contribution in [0.4, 0.5) is 4.79 Å². The molecule has 3 aromatic carbocycles. The van der Waals surface area contributed by atoms with Crippen LogP contribution >= 0.6 is 0 Å². The van der Waals surface area contributed by atoms with Gasteiger partial charge in [0, 0.05) is 69.6 Å². The minimum atomic E-state index is -1.06. The molecule has 0 spiro atoms. The molecule has 74 heavy (non-hydrogen) atoms. The zero-order valence-corrected chi connectivity index (χ0v) is 42.7. The summed E-state index contributed by atoms with van der Waals surface area (Å²) in [6.45, 7) is 17.7. The lowest BCUT2D eigenvalue weighted by Gasteiger charge is -2.34. The van der Waals surface area contributed by atoms with Gasteiger partial charge in [-0.15, -0.1) is 0 Å². The maximum atomic E-state index is 13.3. The molecular formula is C56H69N7O11. The molecule has 1 saturated heterocycles. The molecule has 4 amide bonds. The molecule has 18 heteroatoms. The van der Waals surface area contributed by atoms with Gasteiger partial charge in [-0.25, -0.2) is 11.4 Å². The Bertz CT molecular complexity index is 2590. The van der Waals surface area contributed by atoms with Crippen LogP contribution in [0, 0.1) is 12.5 Å². The number of Topliss-reactive ketones (excluding diaryl/α,β-unsaturated/α-hetero) is 1. The number of hydrogen-bond donors (Lipinski definition) is 3. The molecule has 0 radical (unpaired) electrons. The minimum Gasteiger partial charge on any atom is -0.494 e. The summed E-state index contributed by atoms with van der Waals surface area (Å²) < 4.78 is 28.5. The van der Waals surface area contributed by atoms with E-state index in [4.69, 9.17) is 30.3 Å². The molecule has 7 rings (SSSR count). The van der Waals surface area contributed by atoms with Crippen molar-refractivity contribution in [1.82, 2.24) is 30.7 Å². The Kier molecular flexibility index (Phi) is 19.9. The molecule has 3 atom stereocenters. The normalized spacial score (nSPS) is 16.9. The van der Waals surface area contributed by atoms with Crippen LogP contribution < -0.4 is 20.7 Å². The number of benzene rings is 3. The summed E-state index contributed by atoms with van der Waals surface area (Å²) >= 11 is 0. The Morgan fingerprint density at radius 1 is 0.824 bits per heavy atom. The largest absolute Gasteiger partial charge is 0.494 e. The molecule has 394 valence electrons. The summed E-state index contributed by atoms with van der Waals surface area (Å²) in [5, 5.41) is 8.80. The lowest BCUT2D eigenvalue weighted by Crippen LogP contribution is -2.49. The number of carbonyl (C=O) groups is 6. The molecule has 18 nitrogen and oxygen atoms in total. The Labute approximate surface area is 433 Å². The van der Waals surface area contributed by atoms with Gasteiger partial charge in [0.2, 0.25) is 17.9 Å². The van der Waals surface area contributed by atoms with Crippen LogP contribution in [0.5, 0.6) is 5.75 Å². The van der Waals surface area contributed by atoms with Crippen molar-refractivity contribution in [2.75, 3.05) is 85.5 Å². The highest BCUT2D eigenvalue weighted by Crippen LogP contribution is 2.44. The number of nitrogens with one attached hydrogen (secondary N) is 3. The van der Waals surface area contributed by atoms with Crippen molar-refractivity contribution in [1.29, 1.82) is 0 Å². The lowest BCUT2D eigenvalue weighted by atomic mass is 9.98. The maximum absolute atomic E-state index is 13.3. The van der Waals surface area contributed by atoms with Crippen molar-refractivity contribution in [3.8, 4) is 16.9 Å². The second-order valence-corrected chi connectivity index (χ2v) is 19.8. The van der Waals surface area contributed by atoms with Crippen LogP contribution in [0.2, 0.25) is 0 Å². The van der Waals surface area contributed by atoms with Crippen LogP contribution in [-0.2, 0) is 38.1 Å². The fourth-order valence-corrected chi connectivity index (χ4v) is 9.69. The molecule has 1 aliphatic heterocycles. The van der Waals surface area contributed by atoms with Crippen molar-refractivity contribution < 1.29 is 52.5 Å². The third-order valence-electron chi connectivity index (χ3n) is 13.4. The molecule has 0 bridgehead atoms. The molecule has 4 aromatic rings. The van der Waals surface area contributed by atoms with E-state index in [1.165, 1.54) is 0 Å². The van der Waals surface area contributed by atoms with Gasteiger partial charge in [-0.3, -0.25) is 33.9 Å². The highest BCUT2D eigenvalue weighted by molar-refractivity contribution is 6.07. The van der Waals surface area contributed by atoms with Gasteiger partial charge >= 0.3 is 12.1 Å². The number of pyridine rings is 1. The number of esters is 1. The number of hydrogen-bond acceptors (Lipinski definition) is 13. The van der Waals surface area contributed by atoms with Gasteiger partial charge in [-0.2, -0.15) is 0 Å². The van der Waals surface area contributed by atoms with E-state index in [1.54, 1.807) is 45.2 Å². The first-order valence-corrected chi connectivity index (χ1v) is 25.7. The van der Waals surface area contributed by atoms with E-state index >= 15 is 0 Å². The zero-order valence-electron chi connectivity index (χ0n) is 42.7. The van der Waals surface area contributed by atoms with E-state index in [-0.39, 0.29) is 101 Å². The summed E-state index contributed by atoms with van der Waals surface area (Å²) in [5.41, 5.74) is 4.65. The van der Waals surface area contributed by atoms with Gasteiger partial charge in [0.25, 0.3) is 5.91 Å². The lowest BCUT2D eigenvalue weighted by molar-refractivity contribution is -0.155. The van der Waals surface area contributed by atoms with E-state index in [0.29, 0.717) is 48.3 Å². The quantitative estimate of drug-likeness (QED) is 0.0390. The topological polar surface area (TPSA) is 208 Å². The second kappa shape index (κ2) is 26.8. The number of amides is 4. The monoisotopic (exact) mass is 1020 g/mol. The average molecular weight is 1020 g/mol. The Morgan fingerprint density at radius 2 is 1.54 bits per heavy atom. The average Bonchev–Trinajstić information content (AvgIpc) is 4.02. The number of rotatable bonds is 25. The van der Waals surface area contributed by atoms with E-state index in [9.17, 15) is 28.8 Å². The number of ether oxygens (including phenoxy) is 5. The molecule has 3 N–H and O–H groups in total. The first-order valence-electron chi connectivity index (χ1n) is 25.7. The van der Waals surface area contributed by atoms with Crippen LogP contribution in [0.25, 0.3) is 26.9 Å². The van der Waals surface area contributed by atoms with Crippen molar-refractivity contribution in [3.63, 3.8) is 0 Å². The number of nitrogens with zero attached hydrogens (tertiary/aromatic N) is 4. The molecule has 2 aliphatic carbocycles. The summed E-state index contributed by atoms with van der Waals surface area (Å²) in [6.07, 6.45) is 3.97. The van der Waals surface area contributed by atoms with Gasteiger partial charge in [-0.1, -0.05) is 48.5 Å². The number of aromatic nitrogens is 1. The second-order valence-electron chi connectivity index (χ2n) is 19.8. The molecule has 1 saturated carbocycles. The molecular weight excluding hydrogens is 947 g/mol. The highest BCUT2D eigenvalue weighted by atomic mass is 16.6. The van der Waals surface area contributed by atoms with Gasteiger partial charge in [-0.05, 0) is 93.0 Å². The standard InChI is InChI=1S/C56H69N7O11/c1-56(2,3)74-52(66)20-19-49(61-55(69)73-37-46-41-13-7-5-11-39(41)40-12-6-8-14-42(40)46)54(68)59-24-32-71-34-33-70-31-22-51(65)63-28-26-62(27-29-63)25-10-30-72-38-17-18-48-45(35-38)43(21-23-58-48)53(67)60-36-50(64)44-15-9-16-47(44)57-4/h5-8,11-14,17-18,21,23,35,44,46-47,49H,9-10,15-16,19-20,22,24-34,36-37H2,1-3H3,(H,59,68)(H,60,67)(H,61,69)/t44?,47-,49?/m1/s1. The Morgan fingerprint density at radius 3 is 2.26 bits per heavy atom. The van der Waals surface area contributed by atoms with Crippen LogP contribution in [-0.4, -0.2) is 153 Å². The Hall–Kier alpha value is -6.94. The van der Waals surface area contributed by atoms with Crippen molar-refractivity contribution in [3.05, 3.63) is 107 Å². The number of carbonyl (C=O) groups excluding carboxylic acids is 6. The van der Waals surface area contributed by atoms with Gasteiger partial charge in [0.15, 0.2) is 5.78 Å². The summed E-state index contributed by atoms with van der Waals surface area (Å²) in [5.74, 6) is -1.31. The summed E-state index contributed by atoms with van der Waals surface area (Å²) in [4.78, 5) is 90.0. The van der Waals surface area contributed by atoms with Crippen molar-refractivity contribution >= 4 is 46.5 Å². The van der Waals surface area contributed by atoms with Gasteiger partial charge in [0.1, 0.15) is 24.0 Å². The van der Waals surface area contributed by atoms with Crippen molar-refractivity contribution in [2.24, 2.45) is 5.92 Å². The third-order valence-corrected chi connectivity index (χ3v) is 13.4. The molecule has 3 aliphatic rings. The maximum Gasteiger partial charge on any atom is 0.407 e. The van der Waals surface area contributed by atoms with Crippen LogP contribution in [0.15, 0.2) is 79.0 Å². The smallest absolute Gasteiger partial charge is 0.407 e. The third kappa shape index (κ3) is 15.5. The predicted octanol–water partition coefficient (Wildman–Crippen LogP) is 6.10. The highest BCUT2D eigenvalue weighted by Gasteiger charge is 2.37. The number of fused-ring (bicyclic) bond motifs is 4. The molecule has 2 heterocycles. The van der Waals surface area contributed by atoms with Gasteiger partial charge in [0.05, 0.1) is 63.0 Å². The van der Waals surface area contributed by atoms with E-state index < -0.39 is 29.6 Å². The van der Waals surface area contributed by atoms with Gasteiger partial charge < -0.3 is 49.4 Å². The number of ketones is 1. The fourth-order valence-electron chi connectivity index (χ4n) is 9.69. The molecule has 2 unspecified atom stereocenters. The van der Waals surface area contributed by atoms with E-state index in [0.717, 1.165) is 61.2 Å². The zero-order chi connectivity index (χ0) is 52.5. The SMILES string of the molecule is [C-]#[N+][C@@H]1CCCC1C(=O)CNC(=O)c1ccnc2ccc(OCCCN3CCN(C(=O)CCOCCOCCNC(=O)C(CCC(=O)OC(C)(C)C)NC(=O)OCC4c5ccccc5-c5ccccc54)CC3)cc12. The fraction of sp³-hybridized carbons (Fsp3) is 0.500. The number of alkyl carbamates (subject to hydrolysis) is 1. The summed E-state index contributed by atoms with van der Waals surface area (Å²) in [7, 11) is 0. The number of piperazine rings is 1. The van der Waals surface area contributed by atoms with Crippen molar-refractivity contribution in [2.45, 2.75) is 89.3 Å².